The van der Waals surface area contributed by atoms with Crippen LogP contribution in [0.3, 0.4) is 0 Å². The summed E-state index contributed by atoms with van der Waals surface area (Å²) in [5.74, 6) is -3.01. The van der Waals surface area contributed by atoms with Crippen LogP contribution >= 0.6 is 0 Å². The van der Waals surface area contributed by atoms with Gasteiger partial charge in [-0.1, -0.05) is 6.58 Å². The molecule has 0 aromatic rings. The van der Waals surface area contributed by atoms with Gasteiger partial charge in [0.15, 0.2) is 0 Å². The zero-order valence-electron chi connectivity index (χ0n) is 7.40. The van der Waals surface area contributed by atoms with Crippen LogP contribution in [0.15, 0.2) is 12.7 Å². The molecule has 6 nitrogen and oxygen atoms in total. The van der Waals surface area contributed by atoms with E-state index >= 15 is 0 Å². The van der Waals surface area contributed by atoms with Crippen LogP contribution in [-0.4, -0.2) is 63.7 Å². The average molecular weight is 225 g/mol. The molecule has 80 valence electrons. The summed E-state index contributed by atoms with van der Waals surface area (Å²) < 4.78 is 0. The van der Waals surface area contributed by atoms with Crippen LogP contribution in [0.1, 0.15) is 12.8 Å². The molecule has 15 heavy (non-hydrogen) atoms. The summed E-state index contributed by atoms with van der Waals surface area (Å²) in [6, 6.07) is -1.18. The molecule has 0 aliphatic rings. The Labute approximate surface area is 109 Å². The number of aliphatic carboxylic acids is 2. The van der Waals surface area contributed by atoms with Crippen molar-refractivity contribution in [2.24, 2.45) is 0 Å². The average Bonchev–Trinajstić information content (AvgIpc) is 2.10. The van der Waals surface area contributed by atoms with Crippen molar-refractivity contribution in [3.8, 4) is 0 Å². The third kappa shape index (κ3) is 8.17. The van der Waals surface area contributed by atoms with Crippen LogP contribution in [0.25, 0.3) is 0 Å². The molecule has 0 aliphatic heterocycles. The Morgan fingerprint density at radius 2 is 1.87 bits per heavy atom. The van der Waals surface area contributed by atoms with Crippen molar-refractivity contribution in [2.75, 3.05) is 0 Å². The predicted molar refractivity (Wildman–Crippen MR) is 53.8 cm³/mol. The molecule has 1 amide bonds. The Bertz CT molecular complexity index is 266. The van der Waals surface area contributed by atoms with Crippen LogP contribution < -0.4 is 5.32 Å². The topological polar surface area (TPSA) is 104 Å². The van der Waals surface area contributed by atoms with E-state index in [1.165, 1.54) is 0 Å². The summed E-state index contributed by atoms with van der Waals surface area (Å²) in [4.78, 5) is 31.4. The number of hydrogen-bond donors (Lipinski definition) is 3. The van der Waals surface area contributed by atoms with E-state index in [0.717, 1.165) is 6.08 Å². The van der Waals surface area contributed by atoms with Crippen molar-refractivity contribution in [3.05, 3.63) is 12.7 Å². The molecule has 3 N–H and O–H groups in total. The van der Waals surface area contributed by atoms with Gasteiger partial charge in [0, 0.05) is 6.42 Å². The Kier molecular flexibility index (Phi) is 9.35. The van der Waals surface area contributed by atoms with Crippen LogP contribution in [0, 0.1) is 0 Å². The molecule has 0 radical (unpaired) electrons. The van der Waals surface area contributed by atoms with Crippen molar-refractivity contribution in [3.63, 3.8) is 0 Å². The molecule has 0 saturated carbocycles. The van der Waals surface area contributed by atoms with Crippen LogP contribution in [-0.2, 0) is 14.4 Å². The Morgan fingerprint density at radius 3 is 2.20 bits per heavy atom. The standard InChI is InChI=1S/C8H11NO5.Na.H/c1-2-6(10)9-5(8(13)14)3-4-7(11)12;;/h2,5H,1,3-4H2,(H,9,10)(H,11,12)(H,13,14);;/t5-;;/m1../s1. The van der Waals surface area contributed by atoms with Crippen molar-refractivity contribution in [1.82, 2.24) is 5.32 Å². The van der Waals surface area contributed by atoms with E-state index in [-0.39, 0.29) is 42.4 Å². The van der Waals surface area contributed by atoms with Crippen molar-refractivity contribution in [2.45, 2.75) is 18.9 Å². The van der Waals surface area contributed by atoms with Gasteiger partial charge in [-0.25, -0.2) is 4.79 Å². The molecule has 1 atom stereocenters. The van der Waals surface area contributed by atoms with Gasteiger partial charge in [0.2, 0.25) is 5.91 Å². The number of carboxylic acid groups (broad SMARTS) is 2. The first-order valence-corrected chi connectivity index (χ1v) is 3.85. The van der Waals surface area contributed by atoms with E-state index in [0.29, 0.717) is 0 Å². The van der Waals surface area contributed by atoms with Crippen LogP contribution in [0.2, 0.25) is 0 Å². The summed E-state index contributed by atoms with van der Waals surface area (Å²) in [5.41, 5.74) is 0. The molecule has 0 fully saturated rings. The SMILES string of the molecule is C=CC(=O)N[C@H](CCC(=O)O)C(=O)O.[NaH]. The van der Waals surface area contributed by atoms with E-state index in [9.17, 15) is 14.4 Å². The molecular weight excluding hydrogens is 213 g/mol. The molecule has 0 rings (SSSR count). The maximum atomic E-state index is 10.7. The first-order chi connectivity index (χ1) is 6.47. The number of hydrogen-bond acceptors (Lipinski definition) is 3. The fourth-order valence-electron chi connectivity index (χ4n) is 0.756. The van der Waals surface area contributed by atoms with Gasteiger partial charge < -0.3 is 15.5 Å². The van der Waals surface area contributed by atoms with E-state index in [1.54, 1.807) is 0 Å². The number of amides is 1. The van der Waals surface area contributed by atoms with E-state index < -0.39 is 23.9 Å². The first kappa shape index (κ1) is 16.6. The second-order valence-corrected chi connectivity index (χ2v) is 2.54. The van der Waals surface area contributed by atoms with Crippen molar-refractivity contribution in [1.29, 1.82) is 0 Å². The van der Waals surface area contributed by atoms with Gasteiger partial charge in [-0.15, -0.1) is 0 Å². The predicted octanol–water partition coefficient (Wildman–Crippen LogP) is -1.04. The zero-order chi connectivity index (χ0) is 11.1. The summed E-state index contributed by atoms with van der Waals surface area (Å²) >= 11 is 0. The summed E-state index contributed by atoms with van der Waals surface area (Å²) in [6.07, 6.45) is 0.468. The van der Waals surface area contributed by atoms with Crippen molar-refractivity contribution < 1.29 is 24.6 Å². The summed E-state index contributed by atoms with van der Waals surface area (Å²) in [7, 11) is 0. The van der Waals surface area contributed by atoms with Gasteiger partial charge in [-0.05, 0) is 12.5 Å². The molecule has 0 saturated heterocycles. The van der Waals surface area contributed by atoms with Gasteiger partial charge in [-0.2, -0.15) is 0 Å². The first-order valence-electron chi connectivity index (χ1n) is 3.85. The normalized spacial score (nSPS) is 10.7. The van der Waals surface area contributed by atoms with Gasteiger partial charge in [-0.3, -0.25) is 9.59 Å². The number of rotatable bonds is 6. The second-order valence-electron chi connectivity index (χ2n) is 2.54. The maximum absolute atomic E-state index is 10.7. The zero-order valence-corrected chi connectivity index (χ0v) is 7.40. The summed E-state index contributed by atoms with van der Waals surface area (Å²) in [6.45, 7) is 3.15. The molecule has 0 heterocycles. The van der Waals surface area contributed by atoms with Crippen LogP contribution in [0.5, 0.6) is 0 Å². The number of carbonyl (C=O) groups is 3. The van der Waals surface area contributed by atoms with E-state index in [2.05, 4.69) is 11.9 Å². The van der Waals surface area contributed by atoms with Crippen LogP contribution in [0.4, 0.5) is 0 Å². The van der Waals surface area contributed by atoms with Gasteiger partial charge in [0.25, 0.3) is 0 Å². The summed E-state index contributed by atoms with van der Waals surface area (Å²) in [5, 5.41) is 19.0. The third-order valence-electron chi connectivity index (χ3n) is 1.45. The number of carboxylic acids is 2. The van der Waals surface area contributed by atoms with Gasteiger partial charge >= 0.3 is 41.5 Å². The number of nitrogens with one attached hydrogen (secondary N) is 1. The van der Waals surface area contributed by atoms with E-state index in [1.807, 2.05) is 0 Å². The Balaban J connectivity index is 0. The molecule has 0 aliphatic carbocycles. The fourth-order valence-corrected chi connectivity index (χ4v) is 0.756. The molecule has 0 spiro atoms. The molecule has 0 aromatic heterocycles. The molecular formula is C8H12NNaO5. The Hall–Kier alpha value is -0.850. The Morgan fingerprint density at radius 1 is 1.33 bits per heavy atom. The van der Waals surface area contributed by atoms with Gasteiger partial charge in [0.1, 0.15) is 6.04 Å². The molecule has 0 unspecified atom stereocenters. The number of carbonyl (C=O) groups excluding carboxylic acids is 1. The van der Waals surface area contributed by atoms with E-state index in [4.69, 9.17) is 10.2 Å². The monoisotopic (exact) mass is 225 g/mol. The molecule has 0 aromatic carbocycles. The minimum absolute atomic E-state index is 0. The quantitative estimate of drug-likeness (QED) is 0.395. The second kappa shape index (κ2) is 8.46. The fraction of sp³-hybridized carbons (Fsp3) is 0.375. The minimum atomic E-state index is -1.26. The molecule has 7 heteroatoms. The third-order valence-corrected chi connectivity index (χ3v) is 1.45. The molecule has 0 bridgehead atoms. The van der Waals surface area contributed by atoms with Gasteiger partial charge in [0.05, 0.1) is 0 Å². The van der Waals surface area contributed by atoms with Crippen molar-refractivity contribution >= 4 is 47.4 Å².